The third-order valence-corrected chi connectivity index (χ3v) is 3.26. The molecule has 0 aromatic heterocycles. The van der Waals surface area contributed by atoms with E-state index in [2.05, 4.69) is 41.8 Å². The molecule has 2 N–H and O–H groups in total. The van der Waals surface area contributed by atoms with Crippen LogP contribution in [0.2, 0.25) is 0 Å². The fraction of sp³-hybridized carbons (Fsp3) is 0.429. The molecule has 16 heavy (non-hydrogen) atoms. The molecule has 0 radical (unpaired) electrons. The lowest BCUT2D eigenvalue weighted by Gasteiger charge is -2.23. The van der Waals surface area contributed by atoms with E-state index in [0.717, 1.165) is 32.5 Å². The standard InChI is InChI=1S/C14H20N2/c1-2-8-14(15)9-10-16(12-14)11-13-6-4-3-5-7-13/h2-7H,1,8-12,15H2/t14-/m1/s1. The van der Waals surface area contributed by atoms with Gasteiger partial charge < -0.3 is 5.73 Å². The van der Waals surface area contributed by atoms with E-state index in [9.17, 15) is 0 Å². The van der Waals surface area contributed by atoms with Crippen LogP contribution in [-0.4, -0.2) is 23.5 Å². The van der Waals surface area contributed by atoms with Gasteiger partial charge in [0.1, 0.15) is 0 Å². The topological polar surface area (TPSA) is 29.3 Å². The highest BCUT2D eigenvalue weighted by molar-refractivity contribution is 5.15. The second-order valence-corrected chi connectivity index (χ2v) is 4.80. The predicted octanol–water partition coefficient (Wildman–Crippen LogP) is 2.17. The van der Waals surface area contributed by atoms with E-state index in [4.69, 9.17) is 5.73 Å². The van der Waals surface area contributed by atoms with E-state index in [1.54, 1.807) is 0 Å². The number of hydrogen-bond donors (Lipinski definition) is 1. The highest BCUT2D eigenvalue weighted by Crippen LogP contribution is 2.23. The minimum Gasteiger partial charge on any atom is -0.324 e. The first-order valence-electron chi connectivity index (χ1n) is 5.88. The molecule has 0 amide bonds. The Morgan fingerprint density at radius 2 is 2.12 bits per heavy atom. The summed E-state index contributed by atoms with van der Waals surface area (Å²) in [5, 5.41) is 0. The average molecular weight is 216 g/mol. The molecule has 0 unspecified atom stereocenters. The molecule has 1 aromatic rings. The predicted molar refractivity (Wildman–Crippen MR) is 68.1 cm³/mol. The molecule has 2 rings (SSSR count). The van der Waals surface area contributed by atoms with Crippen molar-refractivity contribution in [2.45, 2.75) is 24.9 Å². The first kappa shape index (κ1) is 11.4. The summed E-state index contributed by atoms with van der Waals surface area (Å²) in [4.78, 5) is 2.43. The van der Waals surface area contributed by atoms with Crippen LogP contribution in [0, 0.1) is 0 Å². The second-order valence-electron chi connectivity index (χ2n) is 4.80. The van der Waals surface area contributed by atoms with Crippen molar-refractivity contribution in [1.29, 1.82) is 0 Å². The van der Waals surface area contributed by atoms with E-state index in [0.29, 0.717) is 0 Å². The van der Waals surface area contributed by atoms with Gasteiger partial charge in [0.2, 0.25) is 0 Å². The van der Waals surface area contributed by atoms with Crippen molar-refractivity contribution in [3.8, 4) is 0 Å². The minimum atomic E-state index is -0.0451. The first-order valence-corrected chi connectivity index (χ1v) is 5.88. The summed E-state index contributed by atoms with van der Waals surface area (Å²) < 4.78 is 0. The molecule has 0 spiro atoms. The van der Waals surface area contributed by atoms with Gasteiger partial charge in [0.15, 0.2) is 0 Å². The maximum Gasteiger partial charge on any atom is 0.0330 e. The molecule has 1 fully saturated rings. The summed E-state index contributed by atoms with van der Waals surface area (Å²) >= 11 is 0. The zero-order valence-corrected chi connectivity index (χ0v) is 9.73. The van der Waals surface area contributed by atoms with Gasteiger partial charge in [-0.1, -0.05) is 36.4 Å². The van der Waals surface area contributed by atoms with Gasteiger partial charge in [-0.25, -0.2) is 0 Å². The Kier molecular flexibility index (Phi) is 3.42. The molecule has 1 saturated heterocycles. The summed E-state index contributed by atoms with van der Waals surface area (Å²) in [5.74, 6) is 0. The van der Waals surface area contributed by atoms with Crippen LogP contribution in [0.4, 0.5) is 0 Å². The third-order valence-electron chi connectivity index (χ3n) is 3.26. The molecule has 1 aliphatic rings. The van der Waals surface area contributed by atoms with Crippen LogP contribution in [0.5, 0.6) is 0 Å². The molecule has 1 aromatic carbocycles. The third kappa shape index (κ3) is 2.71. The van der Waals surface area contributed by atoms with Crippen LogP contribution in [0.25, 0.3) is 0 Å². The Hall–Kier alpha value is -1.12. The van der Waals surface area contributed by atoms with E-state index in [1.165, 1.54) is 5.56 Å². The zero-order chi connectivity index (χ0) is 11.4. The number of likely N-dealkylation sites (tertiary alicyclic amines) is 1. The van der Waals surface area contributed by atoms with E-state index in [-0.39, 0.29) is 5.54 Å². The van der Waals surface area contributed by atoms with Crippen LogP contribution in [-0.2, 0) is 6.54 Å². The van der Waals surface area contributed by atoms with E-state index >= 15 is 0 Å². The van der Waals surface area contributed by atoms with Gasteiger partial charge >= 0.3 is 0 Å². The fourth-order valence-electron chi connectivity index (χ4n) is 2.41. The maximum atomic E-state index is 6.30. The van der Waals surface area contributed by atoms with Crippen molar-refractivity contribution >= 4 is 0 Å². The Bertz CT molecular complexity index is 347. The number of nitrogens with zero attached hydrogens (tertiary/aromatic N) is 1. The fourth-order valence-corrected chi connectivity index (χ4v) is 2.41. The molecule has 1 atom stereocenters. The summed E-state index contributed by atoms with van der Waals surface area (Å²) in [6, 6.07) is 10.6. The number of rotatable bonds is 4. The molecule has 0 bridgehead atoms. The maximum absolute atomic E-state index is 6.30. The van der Waals surface area contributed by atoms with Crippen molar-refractivity contribution in [3.05, 3.63) is 48.6 Å². The Morgan fingerprint density at radius 1 is 1.38 bits per heavy atom. The highest BCUT2D eigenvalue weighted by Gasteiger charge is 2.32. The van der Waals surface area contributed by atoms with Crippen LogP contribution in [0.1, 0.15) is 18.4 Å². The van der Waals surface area contributed by atoms with Crippen molar-refractivity contribution in [2.24, 2.45) is 5.73 Å². The number of hydrogen-bond acceptors (Lipinski definition) is 2. The van der Waals surface area contributed by atoms with Gasteiger partial charge in [-0.2, -0.15) is 0 Å². The van der Waals surface area contributed by atoms with Crippen molar-refractivity contribution in [1.82, 2.24) is 4.90 Å². The first-order chi connectivity index (χ1) is 7.72. The van der Waals surface area contributed by atoms with Crippen molar-refractivity contribution in [3.63, 3.8) is 0 Å². The van der Waals surface area contributed by atoms with Crippen LogP contribution < -0.4 is 5.73 Å². The van der Waals surface area contributed by atoms with Crippen molar-refractivity contribution in [2.75, 3.05) is 13.1 Å². The van der Waals surface area contributed by atoms with Gasteiger partial charge in [0.25, 0.3) is 0 Å². The Morgan fingerprint density at radius 3 is 2.81 bits per heavy atom. The highest BCUT2D eigenvalue weighted by atomic mass is 15.2. The summed E-state index contributed by atoms with van der Waals surface area (Å²) in [5.41, 5.74) is 7.62. The lowest BCUT2D eigenvalue weighted by atomic mass is 9.96. The molecule has 1 heterocycles. The monoisotopic (exact) mass is 216 g/mol. The van der Waals surface area contributed by atoms with Crippen LogP contribution >= 0.6 is 0 Å². The van der Waals surface area contributed by atoms with Gasteiger partial charge in [-0.3, -0.25) is 4.90 Å². The molecule has 86 valence electrons. The number of nitrogens with two attached hydrogens (primary N) is 1. The molecule has 0 aliphatic carbocycles. The van der Waals surface area contributed by atoms with Gasteiger partial charge in [0.05, 0.1) is 0 Å². The van der Waals surface area contributed by atoms with Crippen molar-refractivity contribution < 1.29 is 0 Å². The lowest BCUT2D eigenvalue weighted by molar-refractivity contribution is 0.304. The average Bonchev–Trinajstić information content (AvgIpc) is 2.62. The Balaban J connectivity index is 1.92. The van der Waals surface area contributed by atoms with E-state index in [1.807, 2.05) is 6.08 Å². The molecule has 2 nitrogen and oxygen atoms in total. The van der Waals surface area contributed by atoms with Gasteiger partial charge in [-0.05, 0) is 18.4 Å². The molecule has 1 aliphatic heterocycles. The summed E-state index contributed by atoms with van der Waals surface area (Å²) in [6.07, 6.45) is 3.93. The smallest absolute Gasteiger partial charge is 0.0330 e. The Labute approximate surface area is 97.8 Å². The lowest BCUT2D eigenvalue weighted by Crippen LogP contribution is -2.41. The second kappa shape index (κ2) is 4.81. The van der Waals surface area contributed by atoms with Gasteiger partial charge in [0, 0.05) is 25.2 Å². The van der Waals surface area contributed by atoms with Gasteiger partial charge in [-0.15, -0.1) is 6.58 Å². The number of benzene rings is 1. The zero-order valence-electron chi connectivity index (χ0n) is 9.73. The molecular formula is C14H20N2. The van der Waals surface area contributed by atoms with Crippen LogP contribution in [0.15, 0.2) is 43.0 Å². The summed E-state index contributed by atoms with van der Waals surface area (Å²) in [7, 11) is 0. The normalized spacial score (nSPS) is 25.8. The minimum absolute atomic E-state index is 0.0451. The van der Waals surface area contributed by atoms with Crippen LogP contribution in [0.3, 0.4) is 0 Å². The molecular weight excluding hydrogens is 196 g/mol. The van der Waals surface area contributed by atoms with E-state index < -0.39 is 0 Å². The largest absolute Gasteiger partial charge is 0.324 e. The SMILES string of the molecule is C=CC[C@@]1(N)CCN(Cc2ccccc2)C1. The molecule has 0 saturated carbocycles. The summed E-state index contributed by atoms with van der Waals surface area (Å²) in [6.45, 7) is 6.87. The molecule has 2 heteroatoms. The quantitative estimate of drug-likeness (QED) is 0.782.